The number of unbranched alkanes of at least 4 members (excludes halogenated alkanes) is 2. The van der Waals surface area contributed by atoms with E-state index < -0.39 is 23.3 Å². The first-order valence-corrected chi connectivity index (χ1v) is 8.49. The van der Waals surface area contributed by atoms with E-state index in [1.165, 1.54) is 12.1 Å². The van der Waals surface area contributed by atoms with Crippen LogP contribution in [0.2, 0.25) is 0 Å². The fourth-order valence-electron chi connectivity index (χ4n) is 2.20. The highest BCUT2D eigenvalue weighted by atomic mass is 19.4. The second-order valence-corrected chi connectivity index (χ2v) is 5.76. The van der Waals surface area contributed by atoms with E-state index in [0.29, 0.717) is 18.8 Å². The Kier molecular flexibility index (Phi) is 8.20. The van der Waals surface area contributed by atoms with E-state index in [2.05, 4.69) is 4.74 Å². The van der Waals surface area contributed by atoms with Crippen LogP contribution in [0.1, 0.15) is 45.1 Å². The van der Waals surface area contributed by atoms with Gasteiger partial charge < -0.3 is 19.3 Å². The molecule has 0 aliphatic rings. The summed E-state index contributed by atoms with van der Waals surface area (Å²) < 4.78 is 55.6. The lowest BCUT2D eigenvalue weighted by molar-refractivity contribution is -0.267. The quantitative estimate of drug-likeness (QED) is 0.493. The molecule has 8 heteroatoms. The standard InChI is InChI=1S/C18H25F3O5/c1-4-6-10-25-13-8-9-14(15(12-13)26-11-7-5-2)17(23,16(22)24-3)18(19,20)21/h8-9,12,23H,4-7,10-11H2,1-3H3. The second kappa shape index (κ2) is 9.66. The van der Waals surface area contributed by atoms with Gasteiger partial charge in [0.2, 0.25) is 0 Å². The minimum atomic E-state index is -5.28. The average molecular weight is 378 g/mol. The number of carbonyl (C=O) groups excluding carboxylic acids is 1. The fraction of sp³-hybridized carbons (Fsp3) is 0.611. The molecule has 0 heterocycles. The van der Waals surface area contributed by atoms with Crippen molar-refractivity contribution in [2.45, 2.75) is 51.3 Å². The summed E-state index contributed by atoms with van der Waals surface area (Å²) in [5.41, 5.74) is -4.55. The van der Waals surface area contributed by atoms with Crippen LogP contribution in [0.5, 0.6) is 11.5 Å². The molecule has 0 radical (unpaired) electrons. The minimum absolute atomic E-state index is 0.136. The second-order valence-electron chi connectivity index (χ2n) is 5.76. The Morgan fingerprint density at radius 3 is 2.15 bits per heavy atom. The fourth-order valence-corrected chi connectivity index (χ4v) is 2.20. The van der Waals surface area contributed by atoms with Gasteiger partial charge in [-0.3, -0.25) is 0 Å². The van der Waals surface area contributed by atoms with Crippen LogP contribution in [0.4, 0.5) is 13.2 Å². The smallest absolute Gasteiger partial charge is 0.432 e. The number of carbonyl (C=O) groups is 1. The molecule has 0 aliphatic carbocycles. The first-order chi connectivity index (χ1) is 12.2. The molecule has 1 aromatic rings. The molecule has 0 fully saturated rings. The van der Waals surface area contributed by atoms with Gasteiger partial charge in [0.1, 0.15) is 11.5 Å². The summed E-state index contributed by atoms with van der Waals surface area (Å²) in [6, 6.07) is 3.49. The lowest BCUT2D eigenvalue weighted by Crippen LogP contribution is -2.50. The summed E-state index contributed by atoms with van der Waals surface area (Å²) in [5, 5.41) is 10.2. The Morgan fingerprint density at radius 2 is 1.65 bits per heavy atom. The van der Waals surface area contributed by atoms with Crippen molar-refractivity contribution in [1.82, 2.24) is 0 Å². The highest BCUT2D eigenvalue weighted by Gasteiger charge is 2.63. The summed E-state index contributed by atoms with van der Waals surface area (Å²) in [6.07, 6.45) is -2.24. The average Bonchev–Trinajstić information content (AvgIpc) is 2.60. The molecule has 1 atom stereocenters. The molecule has 1 aromatic carbocycles. The van der Waals surface area contributed by atoms with Gasteiger partial charge in [-0.2, -0.15) is 13.2 Å². The van der Waals surface area contributed by atoms with Gasteiger partial charge in [0, 0.05) is 11.6 Å². The normalized spacial score (nSPS) is 13.8. The third-order valence-corrected chi connectivity index (χ3v) is 3.76. The van der Waals surface area contributed by atoms with Crippen LogP contribution < -0.4 is 9.47 Å². The Bertz CT molecular complexity index is 589. The summed E-state index contributed by atoms with van der Waals surface area (Å²) in [4.78, 5) is 11.8. The molecular formula is C18H25F3O5. The molecule has 0 amide bonds. The van der Waals surface area contributed by atoms with Crippen LogP contribution in [-0.4, -0.2) is 37.6 Å². The first-order valence-electron chi connectivity index (χ1n) is 8.49. The van der Waals surface area contributed by atoms with Crippen molar-refractivity contribution in [3.8, 4) is 11.5 Å². The SMILES string of the molecule is CCCCOc1ccc(C(O)(C(=O)OC)C(F)(F)F)c(OCCCC)c1. The number of alkyl halides is 3. The van der Waals surface area contributed by atoms with Crippen molar-refractivity contribution in [3.63, 3.8) is 0 Å². The summed E-state index contributed by atoms with van der Waals surface area (Å²) >= 11 is 0. The Hall–Kier alpha value is -1.96. The topological polar surface area (TPSA) is 65.0 Å². The number of benzene rings is 1. The van der Waals surface area contributed by atoms with Crippen LogP contribution in [0.25, 0.3) is 0 Å². The molecule has 1 unspecified atom stereocenters. The Labute approximate surface area is 151 Å². The monoisotopic (exact) mass is 378 g/mol. The molecule has 0 aliphatic heterocycles. The summed E-state index contributed by atoms with van der Waals surface area (Å²) in [6.45, 7) is 4.41. The van der Waals surface area contributed by atoms with E-state index in [1.54, 1.807) is 0 Å². The highest BCUT2D eigenvalue weighted by Crippen LogP contribution is 2.44. The molecule has 148 valence electrons. The van der Waals surface area contributed by atoms with E-state index in [1.807, 2.05) is 13.8 Å². The zero-order chi connectivity index (χ0) is 19.8. The molecule has 26 heavy (non-hydrogen) atoms. The van der Waals surface area contributed by atoms with Crippen molar-refractivity contribution < 1.29 is 37.3 Å². The zero-order valence-electron chi connectivity index (χ0n) is 15.2. The van der Waals surface area contributed by atoms with Gasteiger partial charge in [-0.05, 0) is 25.0 Å². The minimum Gasteiger partial charge on any atom is -0.493 e. The summed E-state index contributed by atoms with van der Waals surface area (Å²) in [7, 11) is 0.777. The van der Waals surface area contributed by atoms with Gasteiger partial charge in [-0.25, -0.2) is 4.79 Å². The number of esters is 1. The summed E-state index contributed by atoms with van der Waals surface area (Å²) in [5.74, 6) is -1.80. The van der Waals surface area contributed by atoms with Crippen molar-refractivity contribution >= 4 is 5.97 Å². The predicted molar refractivity (Wildman–Crippen MR) is 89.2 cm³/mol. The predicted octanol–water partition coefficient (Wildman–Crippen LogP) is 3.97. The molecule has 0 aromatic heterocycles. The third kappa shape index (κ3) is 5.03. The molecule has 1 rings (SSSR count). The molecule has 1 N–H and O–H groups in total. The van der Waals surface area contributed by atoms with Crippen LogP contribution in [0, 0.1) is 0 Å². The van der Waals surface area contributed by atoms with Crippen molar-refractivity contribution in [1.29, 1.82) is 0 Å². The number of hydrogen-bond donors (Lipinski definition) is 1. The van der Waals surface area contributed by atoms with Crippen LogP contribution >= 0.6 is 0 Å². The van der Waals surface area contributed by atoms with Crippen LogP contribution in [-0.2, 0) is 15.1 Å². The van der Waals surface area contributed by atoms with Crippen LogP contribution in [0.3, 0.4) is 0 Å². The van der Waals surface area contributed by atoms with Crippen molar-refractivity contribution in [2.24, 2.45) is 0 Å². The number of methoxy groups -OCH3 is 1. The van der Waals surface area contributed by atoms with Crippen LogP contribution in [0.15, 0.2) is 18.2 Å². The molecular weight excluding hydrogens is 353 g/mol. The number of ether oxygens (including phenoxy) is 3. The van der Waals surface area contributed by atoms with E-state index in [0.717, 1.165) is 32.4 Å². The lowest BCUT2D eigenvalue weighted by Gasteiger charge is -2.29. The number of hydrogen-bond acceptors (Lipinski definition) is 5. The maximum Gasteiger partial charge on any atom is 0.432 e. The van der Waals surface area contributed by atoms with Gasteiger partial charge in [0.05, 0.1) is 20.3 Å². The lowest BCUT2D eigenvalue weighted by atomic mass is 9.92. The molecule has 0 saturated heterocycles. The number of aliphatic hydroxyl groups is 1. The molecule has 0 bridgehead atoms. The van der Waals surface area contributed by atoms with Gasteiger partial charge in [-0.15, -0.1) is 0 Å². The van der Waals surface area contributed by atoms with E-state index in [4.69, 9.17) is 9.47 Å². The largest absolute Gasteiger partial charge is 0.493 e. The number of halogens is 3. The molecule has 0 saturated carbocycles. The Morgan fingerprint density at radius 1 is 1.08 bits per heavy atom. The van der Waals surface area contributed by atoms with Crippen molar-refractivity contribution in [3.05, 3.63) is 23.8 Å². The van der Waals surface area contributed by atoms with E-state index in [-0.39, 0.29) is 12.4 Å². The van der Waals surface area contributed by atoms with E-state index in [9.17, 15) is 23.1 Å². The Balaban J connectivity index is 3.34. The van der Waals surface area contributed by atoms with Gasteiger partial charge in [0.15, 0.2) is 0 Å². The van der Waals surface area contributed by atoms with E-state index >= 15 is 0 Å². The first kappa shape index (κ1) is 22.1. The molecule has 5 nitrogen and oxygen atoms in total. The maximum atomic E-state index is 13.5. The third-order valence-electron chi connectivity index (χ3n) is 3.76. The maximum absolute atomic E-state index is 13.5. The highest BCUT2D eigenvalue weighted by molar-refractivity contribution is 5.83. The molecule has 0 spiro atoms. The number of rotatable bonds is 10. The van der Waals surface area contributed by atoms with Gasteiger partial charge in [0.25, 0.3) is 5.60 Å². The van der Waals surface area contributed by atoms with Gasteiger partial charge in [-0.1, -0.05) is 26.7 Å². The van der Waals surface area contributed by atoms with Crippen molar-refractivity contribution in [2.75, 3.05) is 20.3 Å². The van der Waals surface area contributed by atoms with Gasteiger partial charge >= 0.3 is 12.1 Å². The zero-order valence-corrected chi connectivity index (χ0v) is 15.2.